The molecule has 0 rings (SSSR count). The van der Waals surface area contributed by atoms with Crippen molar-refractivity contribution in [1.29, 1.82) is 0 Å². The van der Waals surface area contributed by atoms with Crippen molar-refractivity contribution in [3.05, 3.63) is 6.92 Å². The lowest BCUT2D eigenvalue weighted by molar-refractivity contribution is 0.251. The van der Waals surface area contributed by atoms with Crippen LogP contribution in [-0.4, -0.2) is 0 Å². The van der Waals surface area contributed by atoms with Crippen LogP contribution in [0, 0.1) is 24.2 Å². The van der Waals surface area contributed by atoms with Gasteiger partial charge in [0.25, 0.3) is 0 Å². The molecule has 0 heterocycles. The van der Waals surface area contributed by atoms with Gasteiger partial charge < -0.3 is 0 Å². The summed E-state index contributed by atoms with van der Waals surface area (Å²) in [5.74, 6) is 1.37. The maximum absolute atomic E-state index is 4.15. The highest BCUT2D eigenvalue weighted by Crippen LogP contribution is 2.29. The van der Waals surface area contributed by atoms with Crippen molar-refractivity contribution in [2.45, 2.75) is 41.0 Å². The van der Waals surface area contributed by atoms with Crippen LogP contribution in [0.2, 0.25) is 0 Å². The Morgan fingerprint density at radius 1 is 1.20 bits per heavy atom. The fourth-order valence-corrected chi connectivity index (χ4v) is 0.923. The molecule has 0 amide bonds. The predicted octanol–water partition coefficient (Wildman–Crippen LogP) is 3.53. The topological polar surface area (TPSA) is 0 Å². The minimum atomic E-state index is 0.379. The largest absolute Gasteiger partial charge is 0.0628 e. The van der Waals surface area contributed by atoms with Crippen molar-refractivity contribution >= 4 is 0 Å². The van der Waals surface area contributed by atoms with E-state index in [4.69, 9.17) is 0 Å². The molecule has 1 radical (unpaired) electrons. The minimum Gasteiger partial charge on any atom is -0.0628 e. The van der Waals surface area contributed by atoms with E-state index in [1.807, 2.05) is 0 Å². The Balaban J connectivity index is 3.73. The summed E-state index contributed by atoms with van der Waals surface area (Å²) in [7, 11) is 0. The average molecular weight is 141 g/mol. The number of rotatable bonds is 2. The molecule has 0 aliphatic heterocycles. The molecule has 0 heteroatoms. The molecule has 0 aromatic heterocycles. The highest BCUT2D eigenvalue weighted by molar-refractivity contribution is 4.76. The Morgan fingerprint density at radius 2 is 1.60 bits per heavy atom. The van der Waals surface area contributed by atoms with Crippen LogP contribution >= 0.6 is 0 Å². The summed E-state index contributed by atoms with van der Waals surface area (Å²) in [5, 5.41) is 0. The van der Waals surface area contributed by atoms with Crippen molar-refractivity contribution in [1.82, 2.24) is 0 Å². The van der Waals surface area contributed by atoms with Crippen LogP contribution in [0.3, 0.4) is 0 Å². The second-order valence-electron chi connectivity index (χ2n) is 4.69. The van der Waals surface area contributed by atoms with Crippen LogP contribution in [0.5, 0.6) is 0 Å². The van der Waals surface area contributed by atoms with Gasteiger partial charge in [0, 0.05) is 0 Å². The molecule has 61 valence electrons. The highest BCUT2D eigenvalue weighted by atomic mass is 14.3. The fraction of sp³-hybridized carbons (Fsp3) is 0.900. The van der Waals surface area contributed by atoms with Crippen LogP contribution in [0.15, 0.2) is 0 Å². The summed E-state index contributed by atoms with van der Waals surface area (Å²) in [6.45, 7) is 15.4. The summed E-state index contributed by atoms with van der Waals surface area (Å²) in [6, 6.07) is 0. The molecule has 0 N–H and O–H groups in total. The van der Waals surface area contributed by atoms with Crippen molar-refractivity contribution < 1.29 is 0 Å². The van der Waals surface area contributed by atoms with E-state index < -0.39 is 0 Å². The van der Waals surface area contributed by atoms with Crippen molar-refractivity contribution in [2.24, 2.45) is 17.3 Å². The van der Waals surface area contributed by atoms with E-state index in [1.165, 1.54) is 6.42 Å². The molecule has 1 atom stereocenters. The Morgan fingerprint density at radius 3 is 1.70 bits per heavy atom. The van der Waals surface area contributed by atoms with E-state index in [9.17, 15) is 0 Å². The first-order valence-electron chi connectivity index (χ1n) is 4.17. The van der Waals surface area contributed by atoms with Crippen LogP contribution in [0.4, 0.5) is 0 Å². The van der Waals surface area contributed by atoms with Gasteiger partial charge in [0.05, 0.1) is 0 Å². The van der Waals surface area contributed by atoms with Gasteiger partial charge in [0.1, 0.15) is 0 Å². The molecule has 0 saturated heterocycles. The Kier molecular flexibility index (Phi) is 3.41. The monoisotopic (exact) mass is 141 g/mol. The Hall–Kier alpha value is 0. The van der Waals surface area contributed by atoms with Gasteiger partial charge in [0.15, 0.2) is 0 Å². The van der Waals surface area contributed by atoms with Gasteiger partial charge in [-0.15, -0.1) is 0 Å². The van der Waals surface area contributed by atoms with Gasteiger partial charge in [-0.3, -0.25) is 0 Å². The summed E-state index contributed by atoms with van der Waals surface area (Å²) >= 11 is 0. The Labute approximate surface area is 66.0 Å². The molecular formula is C10H21. The molecule has 0 nitrogen and oxygen atoms in total. The molecule has 0 aromatic carbocycles. The second kappa shape index (κ2) is 3.41. The zero-order chi connectivity index (χ0) is 8.36. The molecule has 0 bridgehead atoms. The molecule has 10 heavy (non-hydrogen) atoms. The van der Waals surface area contributed by atoms with Crippen LogP contribution in [-0.2, 0) is 0 Å². The summed E-state index contributed by atoms with van der Waals surface area (Å²) in [5.41, 5.74) is 0.379. The average Bonchev–Trinajstić information content (AvgIpc) is 1.60. The normalized spacial score (nSPS) is 15.9. The van der Waals surface area contributed by atoms with E-state index in [1.54, 1.807) is 0 Å². The molecule has 0 fully saturated rings. The van der Waals surface area contributed by atoms with Gasteiger partial charge in [-0.1, -0.05) is 34.6 Å². The molecule has 1 unspecified atom stereocenters. The standard InChI is InChI=1S/C10H21/c1-8(2)7-9(3)10(4,5)6/h8-9H,3,7H2,1-2,4-6H3. The lowest BCUT2D eigenvalue weighted by Gasteiger charge is -2.28. The van der Waals surface area contributed by atoms with Crippen LogP contribution in [0.1, 0.15) is 41.0 Å². The highest BCUT2D eigenvalue weighted by Gasteiger charge is 2.20. The first kappa shape index (κ1) is 10.0. The summed E-state index contributed by atoms with van der Waals surface area (Å²) in [4.78, 5) is 0. The predicted molar refractivity (Wildman–Crippen MR) is 47.8 cm³/mol. The SMILES string of the molecule is [CH2]C(CC(C)C)C(C)(C)C. The summed E-state index contributed by atoms with van der Waals surface area (Å²) < 4.78 is 0. The van der Waals surface area contributed by atoms with Crippen molar-refractivity contribution in [2.75, 3.05) is 0 Å². The summed E-state index contributed by atoms with van der Waals surface area (Å²) in [6.07, 6.45) is 1.24. The van der Waals surface area contributed by atoms with E-state index in [2.05, 4.69) is 41.5 Å². The molecule has 0 aliphatic rings. The fourth-order valence-electron chi connectivity index (χ4n) is 0.923. The van der Waals surface area contributed by atoms with Gasteiger partial charge in [0.2, 0.25) is 0 Å². The lowest BCUT2D eigenvalue weighted by Crippen LogP contribution is -2.19. The minimum absolute atomic E-state index is 0.379. The molecule has 0 saturated carbocycles. The quantitative estimate of drug-likeness (QED) is 0.552. The first-order chi connectivity index (χ1) is 4.34. The molecule has 0 aromatic rings. The smallest absolute Gasteiger partial charge is 0.0354 e. The van der Waals surface area contributed by atoms with E-state index in [0.717, 1.165) is 5.92 Å². The first-order valence-corrected chi connectivity index (χ1v) is 4.17. The van der Waals surface area contributed by atoms with Gasteiger partial charge in [-0.2, -0.15) is 0 Å². The zero-order valence-corrected chi connectivity index (χ0v) is 8.07. The van der Waals surface area contributed by atoms with E-state index in [-0.39, 0.29) is 0 Å². The third-order valence-electron chi connectivity index (χ3n) is 1.98. The molecule has 0 spiro atoms. The second-order valence-corrected chi connectivity index (χ2v) is 4.69. The van der Waals surface area contributed by atoms with Crippen LogP contribution < -0.4 is 0 Å². The number of hydrogen-bond donors (Lipinski definition) is 0. The third-order valence-corrected chi connectivity index (χ3v) is 1.98. The number of hydrogen-bond acceptors (Lipinski definition) is 0. The van der Waals surface area contributed by atoms with Gasteiger partial charge >= 0.3 is 0 Å². The molecular weight excluding hydrogens is 120 g/mol. The van der Waals surface area contributed by atoms with Crippen molar-refractivity contribution in [3.8, 4) is 0 Å². The van der Waals surface area contributed by atoms with Gasteiger partial charge in [-0.05, 0) is 30.6 Å². The molecule has 0 aliphatic carbocycles. The van der Waals surface area contributed by atoms with E-state index in [0.29, 0.717) is 11.3 Å². The van der Waals surface area contributed by atoms with E-state index >= 15 is 0 Å². The van der Waals surface area contributed by atoms with Crippen molar-refractivity contribution in [3.63, 3.8) is 0 Å². The maximum atomic E-state index is 4.15. The third kappa shape index (κ3) is 3.92. The lowest BCUT2D eigenvalue weighted by atomic mass is 9.78. The van der Waals surface area contributed by atoms with Crippen LogP contribution in [0.25, 0.3) is 0 Å². The Bertz CT molecular complexity index is 84.7. The van der Waals surface area contributed by atoms with Gasteiger partial charge in [-0.25, -0.2) is 0 Å². The zero-order valence-electron chi connectivity index (χ0n) is 8.07. The maximum Gasteiger partial charge on any atom is -0.0354 e.